The van der Waals surface area contributed by atoms with E-state index in [1.165, 1.54) is 28.2 Å². The van der Waals surface area contributed by atoms with E-state index < -0.39 is 46.6 Å². The lowest BCUT2D eigenvalue weighted by Crippen LogP contribution is -2.44. The van der Waals surface area contributed by atoms with Crippen LogP contribution in [0.1, 0.15) is 0 Å². The van der Waals surface area contributed by atoms with Crippen molar-refractivity contribution in [2.45, 2.75) is 6.10 Å². The minimum absolute atomic E-state index is 0.0794. The summed E-state index contributed by atoms with van der Waals surface area (Å²) < 4.78 is 114. The number of hydrogen-bond acceptors (Lipinski definition) is 14. The van der Waals surface area contributed by atoms with Crippen molar-refractivity contribution < 1.29 is 62.6 Å². The van der Waals surface area contributed by atoms with Crippen LogP contribution in [0.5, 0.6) is 0 Å². The van der Waals surface area contributed by atoms with Crippen LogP contribution in [0.3, 0.4) is 0 Å². The molecule has 272 valence electrons. The molecule has 0 radical (unpaired) electrons. The summed E-state index contributed by atoms with van der Waals surface area (Å²) in [6, 6.07) is 0. The summed E-state index contributed by atoms with van der Waals surface area (Å²) in [4.78, 5) is 21.0. The van der Waals surface area contributed by atoms with Crippen molar-refractivity contribution in [3.63, 3.8) is 0 Å². The van der Waals surface area contributed by atoms with Gasteiger partial charge in [-0.2, -0.15) is 26.3 Å². The number of carbonyl (C=O) groups is 2. The molecule has 0 saturated carbocycles. The van der Waals surface area contributed by atoms with Gasteiger partial charge in [-0.3, -0.25) is 9.59 Å². The molecule has 2 amide bonds. The number of rotatable bonds is 23. The first-order valence-electron chi connectivity index (χ1n) is 12.7. The third-order valence-corrected chi connectivity index (χ3v) is 7.80. The van der Waals surface area contributed by atoms with Gasteiger partial charge in [0.2, 0.25) is 31.9 Å². The molecule has 0 aromatic carbocycles. The summed E-state index contributed by atoms with van der Waals surface area (Å²) in [6.45, 7) is 0.853. The van der Waals surface area contributed by atoms with Crippen molar-refractivity contribution in [1.82, 2.24) is 39.0 Å². The van der Waals surface area contributed by atoms with Gasteiger partial charge in [0, 0.05) is 54.4 Å². The van der Waals surface area contributed by atoms with Gasteiger partial charge in [-0.15, -0.1) is 0 Å². The molecule has 0 atom stereocenters. The van der Waals surface area contributed by atoms with Crippen LogP contribution in [-0.4, -0.2) is 163 Å². The van der Waals surface area contributed by atoms with Crippen LogP contribution in [0.2, 0.25) is 0 Å². The predicted molar refractivity (Wildman–Crippen MR) is 164 cm³/mol. The molecule has 22 nitrogen and oxygen atoms in total. The van der Waals surface area contributed by atoms with Crippen LogP contribution in [0.4, 0.5) is 0 Å². The number of nitrogens with one attached hydrogen (secondary N) is 8. The van der Waals surface area contributed by atoms with Crippen LogP contribution in [0.25, 0.3) is 0 Å². The topological polar surface area (TPSA) is 315 Å². The minimum Gasteiger partial charge on any atom is -0.390 e. The molecule has 0 aromatic heterocycles. The average molecular weight is 741 g/mol. The second kappa shape index (κ2) is 26.4. The molecular formula is C19H48N8O14S4. The number of ether oxygens (including phenoxy) is 3. The van der Waals surface area contributed by atoms with Crippen LogP contribution in [-0.2, 0) is 64.3 Å². The van der Waals surface area contributed by atoms with Crippen molar-refractivity contribution in [3.8, 4) is 0 Å². The Morgan fingerprint density at radius 3 is 1.18 bits per heavy atom. The number of aliphatic hydroxyl groups excluding tert-OH is 1. The van der Waals surface area contributed by atoms with Gasteiger partial charge in [-0.05, 0) is 0 Å². The molecule has 0 bridgehead atoms. The first-order chi connectivity index (χ1) is 20.6. The van der Waals surface area contributed by atoms with Crippen LogP contribution in [0.15, 0.2) is 0 Å². The standard InChI is InChI=1S/C8H20N2O6S2.C6H12N2O3.C5H16N4O5S2/c1-17(11,12)9-3-5-15-7-8-16-6-4-10-18(2,13)14;1-7-5(9)3-11-4-6(10)8-2;1-6-15(11,12)8-3-5(10)4-9-16(13,14)7-2/h9-10H,3-8H2,1-2H3;3-4H2,1-2H3,(H,7,9)(H,8,10);5-10H,3-4H2,1-2H3. The highest BCUT2D eigenvalue weighted by atomic mass is 32.2. The van der Waals surface area contributed by atoms with Gasteiger partial charge in [0.05, 0.1) is 45.0 Å². The first kappa shape index (κ1) is 47.7. The van der Waals surface area contributed by atoms with E-state index in [0.717, 1.165) is 12.5 Å². The fourth-order valence-electron chi connectivity index (χ4n) is 1.93. The maximum absolute atomic E-state index is 10.9. The first-order valence-corrected chi connectivity index (χ1v) is 19.5. The number of amides is 2. The van der Waals surface area contributed by atoms with Crippen molar-refractivity contribution in [3.05, 3.63) is 0 Å². The average Bonchev–Trinajstić information content (AvgIpc) is 2.95. The fourth-order valence-corrected chi connectivity index (χ4v) is 3.95. The Morgan fingerprint density at radius 1 is 0.578 bits per heavy atom. The summed E-state index contributed by atoms with van der Waals surface area (Å²) in [6.07, 6.45) is 0.988. The molecule has 0 saturated heterocycles. The van der Waals surface area contributed by atoms with Gasteiger partial charge in [-0.1, -0.05) is 0 Å². The lowest BCUT2D eigenvalue weighted by molar-refractivity contribution is -0.130. The molecule has 0 rings (SSSR count). The number of sulfonamides is 2. The SMILES string of the molecule is CNC(=O)COCC(=O)NC.CNS(=O)(=O)NCC(O)CNS(=O)(=O)NC.CS(=O)(=O)NCCOCCOCCNS(C)(=O)=O. The number of aliphatic hydroxyl groups is 1. The van der Waals surface area contributed by atoms with E-state index in [4.69, 9.17) is 14.2 Å². The molecule has 0 aliphatic carbocycles. The van der Waals surface area contributed by atoms with Gasteiger partial charge < -0.3 is 30.0 Å². The third kappa shape index (κ3) is 40.3. The van der Waals surface area contributed by atoms with E-state index >= 15 is 0 Å². The molecular weight excluding hydrogens is 693 g/mol. The van der Waals surface area contributed by atoms with E-state index in [2.05, 4.69) is 20.1 Å². The van der Waals surface area contributed by atoms with E-state index in [1.54, 1.807) is 0 Å². The monoisotopic (exact) mass is 740 g/mol. The zero-order valence-corrected chi connectivity index (χ0v) is 29.3. The molecule has 45 heavy (non-hydrogen) atoms. The molecule has 0 aliphatic rings. The highest BCUT2D eigenvalue weighted by Crippen LogP contribution is 1.84. The molecule has 0 fully saturated rings. The Labute approximate surface area is 265 Å². The second-order valence-corrected chi connectivity index (χ2v) is 15.2. The summed E-state index contributed by atoms with van der Waals surface area (Å²) >= 11 is 0. The van der Waals surface area contributed by atoms with Crippen molar-refractivity contribution in [2.24, 2.45) is 0 Å². The van der Waals surface area contributed by atoms with Crippen LogP contribution < -0.4 is 39.0 Å². The molecule has 9 N–H and O–H groups in total. The largest absolute Gasteiger partial charge is 0.390 e. The fraction of sp³-hybridized carbons (Fsp3) is 0.895. The summed E-state index contributed by atoms with van der Waals surface area (Å²) in [5.74, 6) is -0.484. The third-order valence-electron chi connectivity index (χ3n) is 4.17. The van der Waals surface area contributed by atoms with Crippen LogP contribution >= 0.6 is 0 Å². The summed E-state index contributed by atoms with van der Waals surface area (Å²) in [5, 5.41) is 14.0. The van der Waals surface area contributed by atoms with Gasteiger partial charge in [0.15, 0.2) is 0 Å². The van der Waals surface area contributed by atoms with E-state index in [1.807, 2.05) is 18.9 Å². The van der Waals surface area contributed by atoms with E-state index in [-0.39, 0.29) is 64.4 Å². The maximum Gasteiger partial charge on any atom is 0.276 e. The molecule has 0 unspecified atom stereocenters. The Hall–Kier alpha value is -1.66. The normalized spacial score (nSPS) is 12.0. The number of likely N-dealkylation sites (N-methyl/N-ethyl adjacent to an activating group) is 2. The quantitative estimate of drug-likeness (QED) is 0.0440. The summed E-state index contributed by atoms with van der Waals surface area (Å²) in [7, 11) is -8.17. The highest BCUT2D eigenvalue weighted by Gasteiger charge is 2.13. The Morgan fingerprint density at radius 2 is 0.911 bits per heavy atom. The Bertz CT molecular complexity index is 1140. The Kier molecular flexibility index (Phi) is 28.0. The van der Waals surface area contributed by atoms with E-state index in [0.29, 0.717) is 13.2 Å². The smallest absolute Gasteiger partial charge is 0.276 e. The van der Waals surface area contributed by atoms with Crippen LogP contribution in [0, 0.1) is 0 Å². The van der Waals surface area contributed by atoms with Crippen molar-refractivity contribution in [2.75, 3.05) is 107 Å². The maximum atomic E-state index is 10.9. The van der Waals surface area contributed by atoms with Gasteiger partial charge >= 0.3 is 0 Å². The zero-order valence-electron chi connectivity index (χ0n) is 26.0. The molecule has 0 spiro atoms. The Balaban J connectivity index is -0.000000605. The predicted octanol–water partition coefficient (Wildman–Crippen LogP) is -6.93. The second-order valence-electron chi connectivity index (χ2n) is 8.16. The van der Waals surface area contributed by atoms with Crippen molar-refractivity contribution >= 4 is 52.3 Å². The number of hydrogen-bond donors (Lipinski definition) is 9. The van der Waals surface area contributed by atoms with Gasteiger partial charge in [0.25, 0.3) is 20.4 Å². The van der Waals surface area contributed by atoms with E-state index in [9.17, 15) is 48.4 Å². The lowest BCUT2D eigenvalue weighted by Gasteiger charge is -2.12. The number of carbonyl (C=O) groups excluding carboxylic acids is 2. The summed E-state index contributed by atoms with van der Waals surface area (Å²) in [5.41, 5.74) is 0. The van der Waals surface area contributed by atoms with Crippen molar-refractivity contribution in [1.29, 1.82) is 0 Å². The van der Waals surface area contributed by atoms with Gasteiger partial charge in [-0.25, -0.2) is 35.7 Å². The molecule has 0 aliphatic heterocycles. The molecule has 26 heteroatoms. The zero-order chi connectivity index (χ0) is 35.6. The molecule has 0 heterocycles. The minimum atomic E-state index is -3.63. The highest BCUT2D eigenvalue weighted by molar-refractivity contribution is 7.89. The lowest BCUT2D eigenvalue weighted by atomic mass is 10.4. The van der Waals surface area contributed by atoms with Gasteiger partial charge in [0.1, 0.15) is 13.2 Å². The molecule has 0 aromatic rings.